The van der Waals surface area contributed by atoms with Crippen LogP contribution in [0.3, 0.4) is 0 Å². The SMILES string of the molecule is CN(C)c1c(Cl)ccc2c(=O)c3cc[c-]cc3n(CC(=O)O)c12.[Y]. The maximum Gasteiger partial charge on any atom is 0.322 e. The largest absolute Gasteiger partial charge is 0.480 e. The van der Waals surface area contributed by atoms with Gasteiger partial charge in [0.05, 0.1) is 16.2 Å². The average molecular weight is 419 g/mol. The van der Waals surface area contributed by atoms with Gasteiger partial charge in [0.2, 0.25) is 0 Å². The van der Waals surface area contributed by atoms with Crippen LogP contribution in [0.2, 0.25) is 5.02 Å². The molecule has 0 saturated heterocycles. The number of carboxylic acid groups (broad SMARTS) is 1. The van der Waals surface area contributed by atoms with Crippen LogP contribution in [0.25, 0.3) is 21.8 Å². The van der Waals surface area contributed by atoms with Gasteiger partial charge in [-0.2, -0.15) is 24.3 Å². The second kappa shape index (κ2) is 7.22. The molecule has 0 fully saturated rings. The Morgan fingerprint density at radius 3 is 2.62 bits per heavy atom. The molecule has 0 amide bonds. The number of rotatable bonds is 3. The Morgan fingerprint density at radius 1 is 1.29 bits per heavy atom. The summed E-state index contributed by atoms with van der Waals surface area (Å²) in [6.45, 7) is -0.272. The first-order chi connectivity index (χ1) is 10.9. The number of benzene rings is 2. The van der Waals surface area contributed by atoms with Crippen LogP contribution in [-0.2, 0) is 44.0 Å². The number of fused-ring (bicyclic) bond motifs is 2. The molecule has 1 N–H and O–H groups in total. The van der Waals surface area contributed by atoms with Gasteiger partial charge in [-0.15, -0.1) is 0 Å². The van der Waals surface area contributed by atoms with E-state index in [0.717, 1.165) is 0 Å². The first-order valence-electron chi connectivity index (χ1n) is 6.95. The van der Waals surface area contributed by atoms with Crippen molar-refractivity contribution in [2.24, 2.45) is 0 Å². The Balaban J connectivity index is 0.00000208. The standard InChI is InChI=1S/C17H14ClN2O3.Y/c1-19(2)16-12(18)8-7-11-15(16)20(9-14(21)22)13-6-4-3-5-10(13)17(11)23;/h3,5-8H,9H2,1-2H3,(H,21,22);/q-1;. The molecule has 0 aliphatic rings. The summed E-state index contributed by atoms with van der Waals surface area (Å²) in [5.41, 5.74) is 1.51. The predicted octanol–water partition coefficient (Wildman–Crippen LogP) is 2.76. The van der Waals surface area contributed by atoms with Crippen LogP contribution in [0.4, 0.5) is 5.69 Å². The Bertz CT molecular complexity index is 998. The van der Waals surface area contributed by atoms with Crippen molar-refractivity contribution in [3.8, 4) is 0 Å². The Kier molecular flexibility index (Phi) is 5.68. The van der Waals surface area contributed by atoms with Crippen LogP contribution < -0.4 is 10.3 Å². The molecule has 0 aliphatic heterocycles. The molecule has 1 radical (unpaired) electrons. The molecule has 0 saturated carbocycles. The summed E-state index contributed by atoms with van der Waals surface area (Å²) < 4.78 is 1.60. The third-order valence-corrected chi connectivity index (χ3v) is 4.04. The minimum Gasteiger partial charge on any atom is -0.480 e. The molecule has 24 heavy (non-hydrogen) atoms. The second-order valence-corrected chi connectivity index (χ2v) is 5.85. The molecule has 7 heteroatoms. The van der Waals surface area contributed by atoms with Gasteiger partial charge in [-0.1, -0.05) is 22.5 Å². The number of carboxylic acids is 1. The van der Waals surface area contributed by atoms with Gasteiger partial charge >= 0.3 is 5.97 Å². The molecule has 5 nitrogen and oxygen atoms in total. The summed E-state index contributed by atoms with van der Waals surface area (Å²) in [4.78, 5) is 25.9. The van der Waals surface area contributed by atoms with Crippen molar-refractivity contribution in [2.75, 3.05) is 19.0 Å². The average Bonchev–Trinajstić information content (AvgIpc) is 2.50. The van der Waals surface area contributed by atoms with Crippen LogP contribution in [-0.4, -0.2) is 29.7 Å². The van der Waals surface area contributed by atoms with Gasteiger partial charge in [-0.05, 0) is 12.1 Å². The number of anilines is 1. The van der Waals surface area contributed by atoms with Crippen molar-refractivity contribution in [2.45, 2.75) is 6.54 Å². The van der Waals surface area contributed by atoms with Gasteiger partial charge in [-0.25, -0.2) is 0 Å². The van der Waals surface area contributed by atoms with Gasteiger partial charge in [-0.3, -0.25) is 9.59 Å². The number of carbonyl (C=O) groups is 1. The number of aromatic nitrogens is 1. The molecule has 0 unspecified atom stereocenters. The molecular weight excluding hydrogens is 405 g/mol. The first kappa shape index (κ1) is 18.9. The van der Waals surface area contributed by atoms with Gasteiger partial charge in [0.1, 0.15) is 6.54 Å². The molecule has 1 heterocycles. The number of pyridine rings is 1. The molecule has 3 rings (SSSR count). The van der Waals surface area contributed by atoms with E-state index >= 15 is 0 Å². The van der Waals surface area contributed by atoms with E-state index in [4.69, 9.17) is 11.6 Å². The van der Waals surface area contributed by atoms with Crippen LogP contribution >= 0.6 is 11.6 Å². The van der Waals surface area contributed by atoms with Crippen molar-refractivity contribution in [1.82, 2.24) is 4.57 Å². The first-order valence-corrected chi connectivity index (χ1v) is 7.33. The summed E-state index contributed by atoms with van der Waals surface area (Å²) in [6, 6.07) is 11.1. The van der Waals surface area contributed by atoms with Gasteiger partial charge < -0.3 is 14.6 Å². The van der Waals surface area contributed by atoms with Crippen molar-refractivity contribution in [3.05, 3.63) is 51.6 Å². The molecule has 0 atom stereocenters. The van der Waals surface area contributed by atoms with E-state index in [9.17, 15) is 14.7 Å². The fraction of sp³-hybridized carbons (Fsp3) is 0.176. The third kappa shape index (κ3) is 3.08. The molecule has 121 valence electrons. The van der Waals surface area contributed by atoms with E-state index in [0.29, 0.717) is 32.5 Å². The molecule has 1 aromatic heterocycles. The number of aliphatic carboxylic acids is 1. The summed E-state index contributed by atoms with van der Waals surface area (Å²) >= 11 is 6.30. The zero-order chi connectivity index (χ0) is 16.7. The Hall–Kier alpha value is -1.43. The molecule has 0 aliphatic carbocycles. The number of hydrogen-bond donors (Lipinski definition) is 1. The number of halogens is 1. The predicted molar refractivity (Wildman–Crippen MR) is 91.5 cm³/mol. The fourth-order valence-electron chi connectivity index (χ4n) is 2.84. The quantitative estimate of drug-likeness (QED) is 0.525. The summed E-state index contributed by atoms with van der Waals surface area (Å²) in [5.74, 6) is -0.996. The van der Waals surface area contributed by atoms with Crippen molar-refractivity contribution in [3.63, 3.8) is 0 Å². The second-order valence-electron chi connectivity index (χ2n) is 5.44. The van der Waals surface area contributed by atoms with Crippen molar-refractivity contribution < 1.29 is 42.6 Å². The van der Waals surface area contributed by atoms with E-state index in [1.165, 1.54) is 0 Å². The zero-order valence-corrected chi connectivity index (χ0v) is 16.8. The third-order valence-electron chi connectivity index (χ3n) is 3.73. The zero-order valence-electron chi connectivity index (χ0n) is 13.2. The van der Waals surface area contributed by atoms with E-state index in [-0.39, 0.29) is 44.7 Å². The normalized spacial score (nSPS) is 10.6. The molecular formula is C17H14ClN2O3Y-. The van der Waals surface area contributed by atoms with Gasteiger partial charge in [0.15, 0.2) is 5.43 Å². The smallest absolute Gasteiger partial charge is 0.322 e. The number of hydrogen-bond acceptors (Lipinski definition) is 3. The summed E-state index contributed by atoms with van der Waals surface area (Å²) in [5, 5.41) is 10.7. The van der Waals surface area contributed by atoms with E-state index < -0.39 is 5.97 Å². The number of nitrogens with zero attached hydrogens (tertiary/aromatic N) is 2. The Labute approximate surface area is 168 Å². The maximum absolute atomic E-state index is 12.8. The van der Waals surface area contributed by atoms with E-state index in [2.05, 4.69) is 6.07 Å². The van der Waals surface area contributed by atoms with Crippen LogP contribution in [0.1, 0.15) is 0 Å². The molecule has 0 spiro atoms. The van der Waals surface area contributed by atoms with Gasteiger partial charge in [0.25, 0.3) is 0 Å². The van der Waals surface area contributed by atoms with Gasteiger partial charge in [0, 0.05) is 52.2 Å². The molecule has 0 bridgehead atoms. The minimum absolute atomic E-state index is 0. The summed E-state index contributed by atoms with van der Waals surface area (Å²) in [6.07, 6.45) is 0. The topological polar surface area (TPSA) is 62.5 Å². The van der Waals surface area contributed by atoms with Crippen molar-refractivity contribution >= 4 is 45.1 Å². The van der Waals surface area contributed by atoms with E-state index in [1.807, 2.05) is 0 Å². The van der Waals surface area contributed by atoms with Crippen LogP contribution in [0, 0.1) is 6.07 Å². The van der Waals surface area contributed by atoms with E-state index in [1.54, 1.807) is 53.9 Å². The minimum atomic E-state index is -0.996. The van der Waals surface area contributed by atoms with Crippen LogP contribution in [0.15, 0.2) is 35.1 Å². The van der Waals surface area contributed by atoms with Crippen LogP contribution in [0.5, 0.6) is 0 Å². The fourth-order valence-corrected chi connectivity index (χ4v) is 3.16. The maximum atomic E-state index is 12.8. The summed E-state index contributed by atoms with van der Waals surface area (Å²) in [7, 11) is 3.61. The monoisotopic (exact) mass is 418 g/mol. The molecule has 2 aromatic carbocycles. The van der Waals surface area contributed by atoms with Crippen molar-refractivity contribution in [1.29, 1.82) is 0 Å². The molecule has 3 aromatic rings. The Morgan fingerprint density at radius 2 is 2.00 bits per heavy atom.